The zero-order chi connectivity index (χ0) is 13.9. The molecule has 2 heteroatoms. The number of nitrogens with zero attached hydrogens (tertiary/aromatic N) is 1. The van der Waals surface area contributed by atoms with Crippen LogP contribution in [0.25, 0.3) is 0 Å². The second-order valence-corrected chi connectivity index (χ2v) is 5.83. The summed E-state index contributed by atoms with van der Waals surface area (Å²) in [6.45, 7) is 8.77. The summed E-state index contributed by atoms with van der Waals surface area (Å²) in [6, 6.07) is 6.81. The van der Waals surface area contributed by atoms with Crippen LogP contribution in [0, 0.1) is 13.8 Å². The largest absolute Gasteiger partial charge is 0.326 e. The lowest BCUT2D eigenvalue weighted by atomic mass is 9.84. The molecule has 0 heterocycles. The molecular weight excluding hydrogens is 220 g/mol. The van der Waals surface area contributed by atoms with Gasteiger partial charge in [-0.1, -0.05) is 25.1 Å². The molecule has 0 amide bonds. The van der Waals surface area contributed by atoms with Crippen LogP contribution in [0.1, 0.15) is 37.0 Å². The molecule has 1 aromatic rings. The van der Waals surface area contributed by atoms with E-state index in [-0.39, 0.29) is 11.6 Å². The summed E-state index contributed by atoms with van der Waals surface area (Å²) in [5, 5.41) is 0. The Hall–Kier alpha value is -0.860. The van der Waals surface area contributed by atoms with Crippen molar-refractivity contribution in [2.45, 2.75) is 52.1 Å². The fraction of sp³-hybridized carbons (Fsp3) is 0.625. The standard InChI is InChI=1S/C16H28N2/c1-7-16(4,18(5)6)15(17)11-14-9-8-12(2)13(3)10-14/h8-10,15H,7,11,17H2,1-6H3. The van der Waals surface area contributed by atoms with Gasteiger partial charge in [0.25, 0.3) is 0 Å². The molecule has 0 aromatic heterocycles. The minimum atomic E-state index is 0.0544. The van der Waals surface area contributed by atoms with Gasteiger partial charge in [0.2, 0.25) is 0 Å². The molecule has 18 heavy (non-hydrogen) atoms. The first-order chi connectivity index (χ1) is 8.31. The van der Waals surface area contributed by atoms with Gasteiger partial charge in [-0.05, 0) is 64.4 Å². The van der Waals surface area contributed by atoms with E-state index in [0.29, 0.717) is 0 Å². The van der Waals surface area contributed by atoms with Crippen molar-refractivity contribution >= 4 is 0 Å². The number of nitrogens with two attached hydrogens (primary N) is 1. The highest BCUT2D eigenvalue weighted by Gasteiger charge is 2.32. The van der Waals surface area contributed by atoms with Gasteiger partial charge in [0.15, 0.2) is 0 Å². The third-order valence-corrected chi connectivity index (χ3v) is 4.56. The van der Waals surface area contributed by atoms with E-state index in [1.54, 1.807) is 0 Å². The van der Waals surface area contributed by atoms with Crippen LogP contribution >= 0.6 is 0 Å². The normalized spacial score (nSPS) is 16.7. The highest BCUT2D eigenvalue weighted by molar-refractivity contribution is 5.30. The van der Waals surface area contributed by atoms with Crippen LogP contribution < -0.4 is 5.73 Å². The number of hydrogen-bond acceptors (Lipinski definition) is 2. The summed E-state index contributed by atoms with van der Waals surface area (Å²) >= 11 is 0. The number of hydrogen-bond donors (Lipinski definition) is 1. The van der Waals surface area contributed by atoms with E-state index in [1.807, 2.05) is 0 Å². The summed E-state index contributed by atoms with van der Waals surface area (Å²) in [7, 11) is 4.23. The molecule has 0 aliphatic heterocycles. The third-order valence-electron chi connectivity index (χ3n) is 4.56. The van der Waals surface area contributed by atoms with Crippen LogP contribution in [-0.4, -0.2) is 30.6 Å². The van der Waals surface area contributed by atoms with E-state index in [0.717, 1.165) is 12.8 Å². The summed E-state index contributed by atoms with van der Waals surface area (Å²) < 4.78 is 0. The Labute approximate surface area is 112 Å². The molecule has 0 saturated heterocycles. The highest BCUT2D eigenvalue weighted by atomic mass is 15.2. The van der Waals surface area contributed by atoms with Crippen LogP contribution in [0.15, 0.2) is 18.2 Å². The summed E-state index contributed by atoms with van der Waals surface area (Å²) in [6.07, 6.45) is 2.00. The van der Waals surface area contributed by atoms with Crippen molar-refractivity contribution in [1.82, 2.24) is 4.90 Å². The van der Waals surface area contributed by atoms with Gasteiger partial charge in [-0.2, -0.15) is 0 Å². The lowest BCUT2D eigenvalue weighted by Crippen LogP contribution is -2.55. The van der Waals surface area contributed by atoms with Gasteiger partial charge in [-0.25, -0.2) is 0 Å². The van der Waals surface area contributed by atoms with Crippen LogP contribution in [0.4, 0.5) is 0 Å². The average Bonchev–Trinajstić information content (AvgIpc) is 2.32. The van der Waals surface area contributed by atoms with Crippen molar-refractivity contribution < 1.29 is 0 Å². The summed E-state index contributed by atoms with van der Waals surface area (Å²) in [5.41, 5.74) is 10.5. The van der Waals surface area contributed by atoms with E-state index in [9.17, 15) is 0 Å². The van der Waals surface area contributed by atoms with E-state index >= 15 is 0 Å². The fourth-order valence-electron chi connectivity index (χ4n) is 2.31. The average molecular weight is 248 g/mol. The highest BCUT2D eigenvalue weighted by Crippen LogP contribution is 2.23. The quantitative estimate of drug-likeness (QED) is 0.868. The molecule has 0 aliphatic rings. The van der Waals surface area contributed by atoms with Gasteiger partial charge in [0, 0.05) is 11.6 Å². The molecule has 2 N–H and O–H groups in total. The van der Waals surface area contributed by atoms with Gasteiger partial charge in [0.1, 0.15) is 0 Å². The molecule has 2 nitrogen and oxygen atoms in total. The first-order valence-electron chi connectivity index (χ1n) is 6.80. The van der Waals surface area contributed by atoms with Gasteiger partial charge in [0.05, 0.1) is 0 Å². The molecule has 0 bridgehead atoms. The van der Waals surface area contributed by atoms with Crippen LogP contribution in [0.3, 0.4) is 0 Å². The van der Waals surface area contributed by atoms with Gasteiger partial charge in [-0.15, -0.1) is 0 Å². The molecule has 1 aromatic carbocycles. The lowest BCUT2D eigenvalue weighted by molar-refractivity contribution is 0.131. The molecule has 0 spiro atoms. The summed E-state index contributed by atoms with van der Waals surface area (Å²) in [5.74, 6) is 0. The first-order valence-corrected chi connectivity index (χ1v) is 6.80. The van der Waals surface area contributed by atoms with Crippen molar-refractivity contribution in [3.8, 4) is 0 Å². The van der Waals surface area contributed by atoms with Gasteiger partial charge in [-0.3, -0.25) is 0 Å². The predicted molar refractivity (Wildman–Crippen MR) is 80.0 cm³/mol. The molecule has 1 rings (SSSR count). The summed E-state index contributed by atoms with van der Waals surface area (Å²) in [4.78, 5) is 2.25. The Balaban J connectivity index is 2.86. The van der Waals surface area contributed by atoms with E-state index < -0.39 is 0 Å². The molecule has 0 radical (unpaired) electrons. The molecule has 2 atom stereocenters. The minimum Gasteiger partial charge on any atom is -0.326 e. The Morgan fingerprint density at radius 3 is 2.28 bits per heavy atom. The predicted octanol–water partition coefficient (Wildman–Crippen LogP) is 2.90. The van der Waals surface area contributed by atoms with Crippen LogP contribution in [0.2, 0.25) is 0 Å². The Bertz CT molecular complexity index is 398. The topological polar surface area (TPSA) is 29.3 Å². The van der Waals surface area contributed by atoms with Crippen molar-refractivity contribution in [3.63, 3.8) is 0 Å². The van der Waals surface area contributed by atoms with E-state index in [2.05, 4.69) is 64.9 Å². The second-order valence-electron chi connectivity index (χ2n) is 5.83. The maximum atomic E-state index is 6.44. The third kappa shape index (κ3) is 3.12. The Morgan fingerprint density at radius 1 is 1.22 bits per heavy atom. The van der Waals surface area contributed by atoms with E-state index in [1.165, 1.54) is 16.7 Å². The first kappa shape index (κ1) is 15.2. The molecular formula is C16H28N2. The SMILES string of the molecule is CCC(C)(C(N)Cc1ccc(C)c(C)c1)N(C)C. The number of rotatable bonds is 5. The maximum absolute atomic E-state index is 6.44. The Kier molecular flexibility index (Phi) is 4.94. The van der Waals surface area contributed by atoms with Crippen molar-refractivity contribution in [1.29, 1.82) is 0 Å². The number of likely N-dealkylation sites (N-methyl/N-ethyl adjacent to an activating group) is 1. The molecule has 0 saturated carbocycles. The number of aryl methyl sites for hydroxylation is 2. The Morgan fingerprint density at radius 2 is 1.83 bits per heavy atom. The van der Waals surface area contributed by atoms with Crippen molar-refractivity contribution in [2.75, 3.05) is 14.1 Å². The molecule has 102 valence electrons. The van der Waals surface area contributed by atoms with Gasteiger partial charge < -0.3 is 10.6 Å². The monoisotopic (exact) mass is 248 g/mol. The maximum Gasteiger partial charge on any atom is 0.0326 e. The van der Waals surface area contributed by atoms with Crippen LogP contribution in [-0.2, 0) is 6.42 Å². The zero-order valence-corrected chi connectivity index (χ0v) is 12.7. The smallest absolute Gasteiger partial charge is 0.0326 e. The minimum absolute atomic E-state index is 0.0544. The van der Waals surface area contributed by atoms with Crippen molar-refractivity contribution in [2.24, 2.45) is 5.73 Å². The molecule has 0 aliphatic carbocycles. The van der Waals surface area contributed by atoms with Crippen LogP contribution in [0.5, 0.6) is 0 Å². The molecule has 0 fully saturated rings. The number of benzene rings is 1. The zero-order valence-electron chi connectivity index (χ0n) is 12.7. The second kappa shape index (κ2) is 5.85. The fourth-order valence-corrected chi connectivity index (χ4v) is 2.31. The van der Waals surface area contributed by atoms with E-state index in [4.69, 9.17) is 5.73 Å². The molecule has 2 unspecified atom stereocenters. The van der Waals surface area contributed by atoms with Crippen molar-refractivity contribution in [3.05, 3.63) is 34.9 Å². The van der Waals surface area contributed by atoms with Gasteiger partial charge >= 0.3 is 0 Å². The lowest BCUT2D eigenvalue weighted by Gasteiger charge is -2.41.